The Hall–Kier alpha value is -3.55. The molecule has 2 saturated heterocycles. The summed E-state index contributed by atoms with van der Waals surface area (Å²) in [5.41, 5.74) is 2.27. The van der Waals surface area contributed by atoms with Gasteiger partial charge in [-0.1, -0.05) is 48.5 Å². The van der Waals surface area contributed by atoms with E-state index < -0.39 is 30.3 Å². The Labute approximate surface area is 210 Å². The first kappa shape index (κ1) is 24.2. The van der Waals surface area contributed by atoms with E-state index in [9.17, 15) is 10.4 Å². The molecule has 1 aromatic heterocycles. The van der Waals surface area contributed by atoms with Crippen molar-refractivity contribution in [2.24, 2.45) is 4.99 Å². The zero-order chi connectivity index (χ0) is 25.3. The maximum atomic E-state index is 9.88. The Morgan fingerprint density at radius 3 is 2.44 bits per heavy atom. The molecule has 2 aliphatic heterocycles. The van der Waals surface area contributed by atoms with Crippen LogP contribution >= 0.6 is 0 Å². The van der Waals surface area contributed by atoms with Gasteiger partial charge in [0.1, 0.15) is 36.5 Å². The van der Waals surface area contributed by atoms with Gasteiger partial charge in [-0.15, -0.1) is 0 Å². The molecule has 3 aromatic rings. The molecule has 186 valence electrons. The van der Waals surface area contributed by atoms with Gasteiger partial charge in [-0.05, 0) is 38.5 Å². The third kappa shape index (κ3) is 4.64. The summed E-state index contributed by atoms with van der Waals surface area (Å²) < 4.78 is 19.9. The molecule has 2 aromatic carbocycles. The molecule has 9 nitrogen and oxygen atoms in total. The van der Waals surface area contributed by atoms with Crippen molar-refractivity contribution in [3.05, 3.63) is 78.2 Å². The van der Waals surface area contributed by atoms with E-state index in [0.29, 0.717) is 18.2 Å². The fourth-order valence-electron chi connectivity index (χ4n) is 4.74. The van der Waals surface area contributed by atoms with Crippen molar-refractivity contribution in [2.45, 2.75) is 57.6 Å². The van der Waals surface area contributed by atoms with Crippen LogP contribution in [-0.4, -0.2) is 51.2 Å². The van der Waals surface area contributed by atoms with Crippen molar-refractivity contribution >= 4 is 17.3 Å². The number of hydrogen-bond acceptors (Lipinski definition) is 7. The Kier molecular flexibility index (Phi) is 6.60. The Morgan fingerprint density at radius 2 is 1.78 bits per heavy atom. The number of benzene rings is 2. The minimum atomic E-state index is -0.817. The van der Waals surface area contributed by atoms with Crippen LogP contribution in [-0.2, 0) is 20.8 Å². The van der Waals surface area contributed by atoms with Gasteiger partial charge in [0.15, 0.2) is 23.5 Å². The van der Waals surface area contributed by atoms with Crippen LogP contribution in [0.2, 0.25) is 0 Å². The Morgan fingerprint density at radius 1 is 1.11 bits per heavy atom. The zero-order valence-corrected chi connectivity index (χ0v) is 20.5. The maximum Gasteiger partial charge on any atom is 0.185 e. The summed E-state index contributed by atoms with van der Waals surface area (Å²) >= 11 is 0. The average Bonchev–Trinajstić information content (AvgIpc) is 3.53. The molecule has 0 saturated carbocycles. The summed E-state index contributed by atoms with van der Waals surface area (Å²) in [5.74, 6) is 0.225. The molecule has 4 atom stereocenters. The summed E-state index contributed by atoms with van der Waals surface area (Å²) in [7, 11) is 0. The quantitative estimate of drug-likeness (QED) is 0.415. The van der Waals surface area contributed by atoms with Crippen molar-refractivity contribution in [1.29, 1.82) is 5.26 Å². The molecular formula is C27H29N5O4. The Bertz CT molecular complexity index is 1270. The molecule has 0 radical (unpaired) electrons. The third-order valence-corrected chi connectivity index (χ3v) is 6.36. The van der Waals surface area contributed by atoms with Crippen LogP contribution in [0.5, 0.6) is 0 Å². The number of ether oxygens (including phenoxy) is 3. The molecule has 2 aliphatic rings. The molecule has 0 aliphatic carbocycles. The number of hydrogen-bond donors (Lipinski definition) is 1. The van der Waals surface area contributed by atoms with E-state index in [4.69, 9.17) is 19.2 Å². The van der Waals surface area contributed by atoms with Gasteiger partial charge >= 0.3 is 0 Å². The average molecular weight is 488 g/mol. The number of aliphatic imine (C=N–C) groups is 1. The number of nitrogens with zero attached hydrogens (tertiary/aromatic N) is 5. The summed E-state index contributed by atoms with van der Waals surface area (Å²) in [6.07, 6.45) is -0.618. The van der Waals surface area contributed by atoms with Crippen molar-refractivity contribution < 1.29 is 19.3 Å². The van der Waals surface area contributed by atoms with E-state index in [2.05, 4.69) is 28.1 Å². The summed E-state index contributed by atoms with van der Waals surface area (Å²) in [5, 5.41) is 19.7. The van der Waals surface area contributed by atoms with E-state index in [0.717, 1.165) is 11.3 Å². The summed E-state index contributed by atoms with van der Waals surface area (Å²) in [4.78, 5) is 11.3. The Balaban J connectivity index is 1.53. The molecule has 36 heavy (non-hydrogen) atoms. The highest BCUT2D eigenvalue weighted by Gasteiger charge is 2.56. The largest absolute Gasteiger partial charge is 0.394 e. The number of aliphatic hydroxyl groups excluding tert-OH is 1. The van der Waals surface area contributed by atoms with Crippen molar-refractivity contribution in [3.8, 4) is 6.07 Å². The van der Waals surface area contributed by atoms with Crippen LogP contribution in [0.3, 0.4) is 0 Å². The van der Waals surface area contributed by atoms with Crippen LogP contribution < -0.4 is 4.90 Å². The van der Waals surface area contributed by atoms with E-state index in [1.165, 1.54) is 6.33 Å². The van der Waals surface area contributed by atoms with Crippen LogP contribution in [0.25, 0.3) is 0 Å². The molecule has 3 heterocycles. The second-order valence-electron chi connectivity index (χ2n) is 9.31. The number of aromatic nitrogens is 2. The van der Waals surface area contributed by atoms with E-state index in [1.54, 1.807) is 4.57 Å². The van der Waals surface area contributed by atoms with E-state index in [1.807, 2.05) is 69.3 Å². The van der Waals surface area contributed by atoms with Gasteiger partial charge in [0.05, 0.1) is 6.61 Å². The number of fused-ring (bicyclic) bond motifs is 1. The third-order valence-electron chi connectivity index (χ3n) is 6.36. The van der Waals surface area contributed by atoms with Crippen LogP contribution in [0.4, 0.5) is 11.5 Å². The maximum absolute atomic E-state index is 9.88. The number of nitriles is 1. The van der Waals surface area contributed by atoms with Gasteiger partial charge in [-0.2, -0.15) is 5.26 Å². The topological polar surface area (TPSA) is 105 Å². The molecule has 2 fully saturated rings. The molecule has 1 N–H and O–H groups in total. The number of amidine groups is 1. The lowest BCUT2D eigenvalue weighted by molar-refractivity contribution is -0.199. The molecule has 0 unspecified atom stereocenters. The van der Waals surface area contributed by atoms with Crippen LogP contribution in [0.1, 0.15) is 38.3 Å². The smallest absolute Gasteiger partial charge is 0.185 e. The van der Waals surface area contributed by atoms with Crippen LogP contribution in [0.15, 0.2) is 72.0 Å². The van der Waals surface area contributed by atoms with Crippen molar-refractivity contribution in [3.63, 3.8) is 0 Å². The second kappa shape index (κ2) is 9.84. The number of aliphatic hydroxyl groups is 1. The molecule has 0 spiro atoms. The van der Waals surface area contributed by atoms with Crippen molar-refractivity contribution in [1.82, 2.24) is 9.55 Å². The molecule has 9 heteroatoms. The van der Waals surface area contributed by atoms with Crippen molar-refractivity contribution in [2.75, 3.05) is 11.5 Å². The summed E-state index contributed by atoms with van der Waals surface area (Å²) in [6.45, 7) is 5.94. The lowest BCUT2D eigenvalue weighted by Crippen LogP contribution is -2.31. The van der Waals surface area contributed by atoms with Gasteiger partial charge in [0.2, 0.25) is 0 Å². The minimum absolute atomic E-state index is 0.174. The second-order valence-corrected chi connectivity index (χ2v) is 9.31. The minimum Gasteiger partial charge on any atom is -0.394 e. The lowest BCUT2D eigenvalue weighted by atomic mass is 10.1. The highest BCUT2D eigenvalue weighted by atomic mass is 16.8. The first-order valence-corrected chi connectivity index (χ1v) is 11.9. The van der Waals surface area contributed by atoms with Gasteiger partial charge in [0.25, 0.3) is 0 Å². The highest BCUT2D eigenvalue weighted by molar-refractivity contribution is 5.97. The van der Waals surface area contributed by atoms with Gasteiger partial charge in [-0.25, -0.2) is 9.98 Å². The number of anilines is 1. The van der Waals surface area contributed by atoms with Gasteiger partial charge < -0.3 is 24.2 Å². The summed E-state index contributed by atoms with van der Waals surface area (Å²) in [6, 6.07) is 22.2. The first-order chi connectivity index (χ1) is 17.4. The SMILES string of the molecule is CC(=Nc1c(C#N)ncn1[C@@H]1O[C@H](CO)[C@H]2OC(C)(C)O[C@H]21)N(Cc1ccccc1)c1ccccc1. The monoisotopic (exact) mass is 487 g/mol. The molecule has 5 rings (SSSR count). The first-order valence-electron chi connectivity index (χ1n) is 11.9. The molecule has 0 amide bonds. The normalized spacial score (nSPS) is 24.9. The number of imidazole rings is 1. The fourth-order valence-corrected chi connectivity index (χ4v) is 4.74. The number of para-hydroxylation sites is 1. The molecular weight excluding hydrogens is 458 g/mol. The fraction of sp³-hybridized carbons (Fsp3) is 0.370. The predicted molar refractivity (Wildman–Crippen MR) is 134 cm³/mol. The number of rotatable bonds is 6. The van der Waals surface area contributed by atoms with Crippen LogP contribution in [0, 0.1) is 11.3 Å². The highest BCUT2D eigenvalue weighted by Crippen LogP contribution is 2.44. The van der Waals surface area contributed by atoms with Gasteiger partial charge in [0, 0.05) is 12.2 Å². The van der Waals surface area contributed by atoms with E-state index >= 15 is 0 Å². The standard InChI is InChI=1S/C27H29N5O4/c1-18(31(20-12-8-5-9-13-20)15-19-10-6-4-7-11-19)30-25-21(14-28)29-17-32(25)26-24-23(22(16-33)34-26)35-27(2,3)36-24/h4-13,17,22-24,26,33H,15-16H2,1-3H3/t22-,23-,24-,26-/m1/s1. The lowest BCUT2D eigenvalue weighted by Gasteiger charge is -2.26. The van der Waals surface area contributed by atoms with Gasteiger partial charge in [-0.3, -0.25) is 4.57 Å². The zero-order valence-electron chi connectivity index (χ0n) is 20.5. The van der Waals surface area contributed by atoms with E-state index in [-0.39, 0.29) is 12.3 Å². The molecule has 0 bridgehead atoms. The predicted octanol–water partition coefficient (Wildman–Crippen LogP) is 3.92.